The highest BCUT2D eigenvalue weighted by Crippen LogP contribution is 2.13. The molecule has 0 radical (unpaired) electrons. The second kappa shape index (κ2) is 14.3. The van der Waals surface area contributed by atoms with Crippen LogP contribution in [0.3, 0.4) is 0 Å². The molecule has 0 unspecified atom stereocenters. The van der Waals surface area contributed by atoms with Crippen molar-refractivity contribution in [3.8, 4) is 0 Å². The number of aromatic nitrogens is 1. The van der Waals surface area contributed by atoms with Crippen molar-refractivity contribution >= 4 is 5.57 Å². The summed E-state index contributed by atoms with van der Waals surface area (Å²) in [5.74, 6) is 0. The lowest BCUT2D eigenvalue weighted by Gasteiger charge is -2.01. The molecule has 0 fully saturated rings. The molecule has 0 aliphatic carbocycles. The van der Waals surface area contributed by atoms with E-state index < -0.39 is 0 Å². The van der Waals surface area contributed by atoms with Gasteiger partial charge in [-0.3, -0.25) is 4.98 Å². The number of nitroso groups, excluding NO2 is 1. The monoisotopic (exact) mass is 262 g/mol. The van der Waals surface area contributed by atoms with Crippen molar-refractivity contribution in [2.45, 2.75) is 48.1 Å². The number of hydrogen-bond donors (Lipinski definition) is 0. The molecular weight excluding hydrogens is 236 g/mol. The summed E-state index contributed by atoms with van der Waals surface area (Å²) >= 11 is 0. The molecule has 0 saturated carbocycles. The van der Waals surface area contributed by atoms with Crippen LogP contribution in [0, 0.1) is 4.91 Å². The predicted molar refractivity (Wildman–Crippen MR) is 84.9 cm³/mol. The Labute approximate surface area is 117 Å². The number of hydrogen-bond acceptors (Lipinski definition) is 3. The second-order valence-corrected chi connectivity index (χ2v) is 3.08. The Morgan fingerprint density at radius 1 is 1.21 bits per heavy atom. The molecule has 0 aromatic carbocycles. The summed E-state index contributed by atoms with van der Waals surface area (Å²) in [4.78, 5) is 14.3. The van der Waals surface area contributed by atoms with Gasteiger partial charge in [-0.2, -0.15) is 4.91 Å². The standard InChI is InChI=1S/C12H14N2O.2C2H6/c1-3-5-11(4-2)12-7-6-10(8-13-12)9-14-15;2*1-2/h3-8H,9H2,1-2H3;2*1-2H3/b5-3-,11-4+;;. The average Bonchev–Trinajstić information content (AvgIpc) is 2.50. The van der Waals surface area contributed by atoms with E-state index in [-0.39, 0.29) is 6.54 Å². The van der Waals surface area contributed by atoms with Gasteiger partial charge in [0.1, 0.15) is 6.54 Å². The van der Waals surface area contributed by atoms with E-state index in [1.165, 1.54) is 0 Å². The Morgan fingerprint density at radius 3 is 2.21 bits per heavy atom. The molecule has 19 heavy (non-hydrogen) atoms. The Kier molecular flexibility index (Phi) is 14.7. The van der Waals surface area contributed by atoms with Gasteiger partial charge in [-0.15, -0.1) is 0 Å². The zero-order valence-electron chi connectivity index (χ0n) is 13.0. The van der Waals surface area contributed by atoms with Gasteiger partial charge < -0.3 is 0 Å². The van der Waals surface area contributed by atoms with Crippen molar-refractivity contribution in [3.05, 3.63) is 52.7 Å². The minimum atomic E-state index is 0.183. The highest BCUT2D eigenvalue weighted by atomic mass is 16.3. The quantitative estimate of drug-likeness (QED) is 0.540. The maximum Gasteiger partial charge on any atom is 0.108 e. The van der Waals surface area contributed by atoms with Crippen LogP contribution in [0.4, 0.5) is 0 Å². The molecule has 0 atom stereocenters. The Morgan fingerprint density at radius 2 is 1.84 bits per heavy atom. The number of rotatable bonds is 4. The highest BCUT2D eigenvalue weighted by molar-refractivity contribution is 5.71. The van der Waals surface area contributed by atoms with Gasteiger partial charge in [0.15, 0.2) is 0 Å². The van der Waals surface area contributed by atoms with Crippen molar-refractivity contribution in [1.29, 1.82) is 0 Å². The molecular formula is C16H26N2O. The SMILES string of the molecule is C/C=C\C(=C/C)c1ccc(CN=O)cn1.CC.CC. The van der Waals surface area contributed by atoms with Crippen LogP contribution in [0.1, 0.15) is 52.8 Å². The van der Waals surface area contributed by atoms with Crippen molar-refractivity contribution < 1.29 is 0 Å². The molecule has 106 valence electrons. The van der Waals surface area contributed by atoms with E-state index in [1.54, 1.807) is 6.20 Å². The average molecular weight is 262 g/mol. The van der Waals surface area contributed by atoms with Crippen molar-refractivity contribution in [3.63, 3.8) is 0 Å². The third-order valence-electron chi connectivity index (χ3n) is 2.02. The molecule has 1 aromatic heterocycles. The van der Waals surface area contributed by atoms with Crippen LogP contribution in [0.15, 0.2) is 41.7 Å². The Balaban J connectivity index is 0. The number of pyridine rings is 1. The molecule has 0 N–H and O–H groups in total. The minimum absolute atomic E-state index is 0.183. The Hall–Kier alpha value is -1.77. The lowest BCUT2D eigenvalue weighted by Crippen LogP contribution is -1.89. The molecule has 3 nitrogen and oxygen atoms in total. The largest absolute Gasteiger partial charge is 0.256 e. The van der Waals surface area contributed by atoms with Crippen LogP contribution in [-0.4, -0.2) is 4.98 Å². The van der Waals surface area contributed by atoms with E-state index >= 15 is 0 Å². The number of allylic oxidation sites excluding steroid dienone is 4. The van der Waals surface area contributed by atoms with Gasteiger partial charge >= 0.3 is 0 Å². The molecule has 0 spiro atoms. The normalized spacial score (nSPS) is 10.1. The van der Waals surface area contributed by atoms with Crippen molar-refractivity contribution in [2.75, 3.05) is 0 Å². The highest BCUT2D eigenvalue weighted by Gasteiger charge is 1.98. The maximum atomic E-state index is 10.1. The first-order valence-electron chi connectivity index (χ1n) is 6.85. The lowest BCUT2D eigenvalue weighted by atomic mass is 10.1. The molecule has 0 amide bonds. The van der Waals surface area contributed by atoms with Crippen LogP contribution >= 0.6 is 0 Å². The van der Waals surface area contributed by atoms with Gasteiger partial charge in [-0.25, -0.2) is 0 Å². The maximum absolute atomic E-state index is 10.1. The summed E-state index contributed by atoms with van der Waals surface area (Å²) in [6, 6.07) is 3.77. The fourth-order valence-electron chi connectivity index (χ4n) is 1.27. The lowest BCUT2D eigenvalue weighted by molar-refractivity contribution is 1.03. The van der Waals surface area contributed by atoms with Crippen LogP contribution in [0.2, 0.25) is 0 Å². The fraction of sp³-hybridized carbons (Fsp3) is 0.438. The van der Waals surface area contributed by atoms with Crippen LogP contribution in [-0.2, 0) is 6.54 Å². The molecule has 0 aliphatic rings. The van der Waals surface area contributed by atoms with E-state index in [4.69, 9.17) is 0 Å². The van der Waals surface area contributed by atoms with E-state index in [1.807, 2.05) is 71.9 Å². The van der Waals surface area contributed by atoms with Crippen molar-refractivity contribution in [2.24, 2.45) is 5.18 Å². The molecule has 3 heteroatoms. The first-order valence-corrected chi connectivity index (χ1v) is 6.85. The third kappa shape index (κ3) is 8.03. The zero-order chi connectivity index (χ0) is 15.1. The molecule has 0 bridgehead atoms. The molecule has 0 aliphatic heterocycles. The topological polar surface area (TPSA) is 42.3 Å². The van der Waals surface area contributed by atoms with Gasteiger partial charge in [0.2, 0.25) is 0 Å². The van der Waals surface area contributed by atoms with Gasteiger partial charge in [-0.05, 0) is 31.1 Å². The minimum Gasteiger partial charge on any atom is -0.256 e. The summed E-state index contributed by atoms with van der Waals surface area (Å²) in [6.45, 7) is 12.1. The predicted octanol–water partition coefficient (Wildman–Crippen LogP) is 5.38. The first kappa shape index (κ1) is 19.6. The summed E-state index contributed by atoms with van der Waals surface area (Å²) < 4.78 is 0. The van der Waals surface area contributed by atoms with Gasteiger partial charge in [0.05, 0.1) is 5.69 Å². The van der Waals surface area contributed by atoms with Crippen molar-refractivity contribution in [1.82, 2.24) is 4.98 Å². The number of nitrogens with zero attached hydrogens (tertiary/aromatic N) is 2. The van der Waals surface area contributed by atoms with Gasteiger partial charge in [-0.1, -0.05) is 57.2 Å². The summed E-state index contributed by atoms with van der Waals surface area (Å²) in [7, 11) is 0. The van der Waals surface area contributed by atoms with E-state index in [0.29, 0.717) is 0 Å². The fourth-order valence-corrected chi connectivity index (χ4v) is 1.27. The molecule has 1 rings (SSSR count). The summed E-state index contributed by atoms with van der Waals surface area (Å²) in [5.41, 5.74) is 2.82. The van der Waals surface area contributed by atoms with Crippen LogP contribution < -0.4 is 0 Å². The second-order valence-electron chi connectivity index (χ2n) is 3.08. The van der Waals surface area contributed by atoms with E-state index in [0.717, 1.165) is 16.8 Å². The summed E-state index contributed by atoms with van der Waals surface area (Å²) in [6.07, 6.45) is 7.65. The molecule has 1 heterocycles. The Bertz CT molecular complexity index is 378. The smallest absolute Gasteiger partial charge is 0.108 e. The molecule has 1 aromatic rings. The van der Waals surface area contributed by atoms with Crippen LogP contribution in [0.25, 0.3) is 5.57 Å². The molecule has 0 saturated heterocycles. The van der Waals surface area contributed by atoms with Gasteiger partial charge in [0.25, 0.3) is 0 Å². The zero-order valence-corrected chi connectivity index (χ0v) is 13.0. The van der Waals surface area contributed by atoms with E-state index in [2.05, 4.69) is 10.2 Å². The summed E-state index contributed by atoms with van der Waals surface area (Å²) in [5, 5.41) is 2.82. The van der Waals surface area contributed by atoms with Crippen LogP contribution in [0.5, 0.6) is 0 Å². The third-order valence-corrected chi connectivity index (χ3v) is 2.02. The van der Waals surface area contributed by atoms with E-state index in [9.17, 15) is 4.91 Å². The first-order chi connectivity index (χ1) is 9.31. The van der Waals surface area contributed by atoms with Gasteiger partial charge in [0, 0.05) is 6.20 Å².